The SMILES string of the molecule is COC(=O)N1CCC(NS(=O)(=O)c2ccccc2S(C)(=O)=O)CC1. The summed E-state index contributed by atoms with van der Waals surface area (Å²) in [6.45, 7) is 0.737. The number of ether oxygens (including phenoxy) is 1. The average Bonchev–Trinajstić information content (AvgIpc) is 2.53. The van der Waals surface area contributed by atoms with Crippen LogP contribution in [0.3, 0.4) is 0 Å². The highest BCUT2D eigenvalue weighted by Crippen LogP contribution is 2.22. The summed E-state index contributed by atoms with van der Waals surface area (Å²) < 4.78 is 55.9. The van der Waals surface area contributed by atoms with Gasteiger partial charge in [-0.25, -0.2) is 26.4 Å². The lowest BCUT2D eigenvalue weighted by Crippen LogP contribution is -2.46. The van der Waals surface area contributed by atoms with E-state index in [1.165, 1.54) is 36.3 Å². The van der Waals surface area contributed by atoms with Gasteiger partial charge in [-0.1, -0.05) is 12.1 Å². The van der Waals surface area contributed by atoms with Crippen LogP contribution >= 0.6 is 0 Å². The van der Waals surface area contributed by atoms with Crippen LogP contribution in [-0.4, -0.2) is 60.3 Å². The minimum Gasteiger partial charge on any atom is -0.453 e. The first-order chi connectivity index (χ1) is 11.1. The van der Waals surface area contributed by atoms with Crippen LogP contribution in [-0.2, 0) is 24.6 Å². The van der Waals surface area contributed by atoms with E-state index in [0.717, 1.165) is 6.26 Å². The molecule has 1 aliphatic rings. The molecular weight excluding hydrogens is 356 g/mol. The number of likely N-dealkylation sites (tertiary alicyclic amines) is 1. The normalized spacial score (nSPS) is 16.8. The van der Waals surface area contributed by atoms with Crippen LogP contribution in [0.5, 0.6) is 0 Å². The first-order valence-corrected chi connectivity index (χ1v) is 10.7. The fourth-order valence-electron chi connectivity index (χ4n) is 2.57. The molecule has 1 aliphatic heterocycles. The minimum atomic E-state index is -3.98. The third kappa shape index (κ3) is 4.25. The van der Waals surface area contributed by atoms with Crippen molar-refractivity contribution >= 4 is 26.0 Å². The molecule has 1 saturated heterocycles. The number of benzene rings is 1. The van der Waals surface area contributed by atoms with Gasteiger partial charge in [0, 0.05) is 25.4 Å². The van der Waals surface area contributed by atoms with E-state index >= 15 is 0 Å². The van der Waals surface area contributed by atoms with Crippen LogP contribution < -0.4 is 4.72 Å². The van der Waals surface area contributed by atoms with Gasteiger partial charge < -0.3 is 9.64 Å². The molecule has 0 bridgehead atoms. The number of hydrogen-bond acceptors (Lipinski definition) is 6. The quantitative estimate of drug-likeness (QED) is 0.824. The Morgan fingerprint density at radius 3 is 2.17 bits per heavy atom. The topological polar surface area (TPSA) is 110 Å². The van der Waals surface area contributed by atoms with E-state index in [9.17, 15) is 21.6 Å². The number of sulfonamides is 1. The van der Waals surface area contributed by atoms with Crippen molar-refractivity contribution in [3.8, 4) is 0 Å². The zero-order valence-corrected chi connectivity index (χ0v) is 15.1. The van der Waals surface area contributed by atoms with Crippen LogP contribution in [0.1, 0.15) is 12.8 Å². The molecule has 0 radical (unpaired) electrons. The van der Waals surface area contributed by atoms with E-state index in [1.54, 1.807) is 0 Å². The van der Waals surface area contributed by atoms with Gasteiger partial charge in [-0.15, -0.1) is 0 Å². The summed E-state index contributed by atoms with van der Waals surface area (Å²) in [5, 5.41) is 0. The first-order valence-electron chi connectivity index (χ1n) is 7.29. The molecule has 0 spiro atoms. The molecule has 1 heterocycles. The number of nitrogens with one attached hydrogen (secondary N) is 1. The van der Waals surface area contributed by atoms with E-state index in [-0.39, 0.29) is 15.8 Å². The Kier molecular flexibility index (Phi) is 5.51. The molecule has 1 N–H and O–H groups in total. The third-order valence-corrected chi connectivity index (χ3v) is 6.65. The second kappa shape index (κ2) is 7.08. The standard InChI is InChI=1S/C14H20N2O6S2/c1-22-14(17)16-9-7-11(8-10-16)15-24(20,21)13-6-4-3-5-12(13)23(2,18)19/h3-6,11,15H,7-10H2,1-2H3. The Morgan fingerprint density at radius 1 is 1.12 bits per heavy atom. The van der Waals surface area contributed by atoms with Crippen molar-refractivity contribution in [3.63, 3.8) is 0 Å². The highest BCUT2D eigenvalue weighted by atomic mass is 32.2. The summed E-state index contributed by atoms with van der Waals surface area (Å²) in [6, 6.07) is 5.11. The maximum Gasteiger partial charge on any atom is 0.409 e. The van der Waals surface area contributed by atoms with Crippen molar-refractivity contribution in [3.05, 3.63) is 24.3 Å². The molecule has 0 atom stereocenters. The van der Waals surface area contributed by atoms with Gasteiger partial charge in [-0.2, -0.15) is 0 Å². The van der Waals surface area contributed by atoms with Gasteiger partial charge in [0.2, 0.25) is 10.0 Å². The van der Waals surface area contributed by atoms with Crippen molar-refractivity contribution in [1.29, 1.82) is 0 Å². The van der Waals surface area contributed by atoms with E-state index < -0.39 is 26.0 Å². The highest BCUT2D eigenvalue weighted by Gasteiger charge is 2.29. The first kappa shape index (κ1) is 18.7. The molecule has 8 nitrogen and oxygen atoms in total. The molecule has 1 fully saturated rings. The number of amides is 1. The van der Waals surface area contributed by atoms with E-state index in [1.807, 2.05) is 0 Å². The number of sulfone groups is 1. The molecule has 0 aromatic heterocycles. The Morgan fingerprint density at radius 2 is 1.67 bits per heavy atom. The molecule has 10 heteroatoms. The van der Waals surface area contributed by atoms with Gasteiger partial charge in [0.25, 0.3) is 0 Å². The zero-order valence-electron chi connectivity index (χ0n) is 13.4. The summed E-state index contributed by atoms with van der Waals surface area (Å²) in [7, 11) is -6.36. The summed E-state index contributed by atoms with van der Waals surface area (Å²) in [5.74, 6) is 0. The van der Waals surface area contributed by atoms with Crippen molar-refractivity contribution in [1.82, 2.24) is 9.62 Å². The van der Waals surface area contributed by atoms with Crippen LogP contribution in [0.15, 0.2) is 34.1 Å². The summed E-state index contributed by atoms with van der Waals surface area (Å²) in [5.41, 5.74) is 0. The number of hydrogen-bond donors (Lipinski definition) is 1. The number of nitrogens with zero attached hydrogens (tertiary/aromatic N) is 1. The number of piperidine rings is 1. The lowest BCUT2D eigenvalue weighted by molar-refractivity contribution is 0.111. The van der Waals surface area contributed by atoms with Crippen LogP contribution in [0.4, 0.5) is 4.79 Å². The van der Waals surface area contributed by atoms with Crippen LogP contribution in [0.25, 0.3) is 0 Å². The fourth-order valence-corrected chi connectivity index (χ4v) is 5.51. The number of rotatable bonds is 4. The maximum atomic E-state index is 12.6. The lowest BCUT2D eigenvalue weighted by atomic mass is 10.1. The van der Waals surface area contributed by atoms with Crippen LogP contribution in [0, 0.1) is 0 Å². The van der Waals surface area contributed by atoms with Gasteiger partial charge in [0.1, 0.15) is 4.90 Å². The lowest BCUT2D eigenvalue weighted by Gasteiger charge is -2.31. The van der Waals surface area contributed by atoms with E-state index in [2.05, 4.69) is 9.46 Å². The van der Waals surface area contributed by atoms with Gasteiger partial charge >= 0.3 is 6.09 Å². The summed E-state index contributed by atoms with van der Waals surface area (Å²) in [6.07, 6.45) is 1.37. The van der Waals surface area contributed by atoms with Crippen molar-refractivity contribution in [2.24, 2.45) is 0 Å². The molecule has 2 rings (SSSR count). The Labute approximate surface area is 141 Å². The molecule has 24 heavy (non-hydrogen) atoms. The van der Waals surface area contributed by atoms with Crippen molar-refractivity contribution in [2.75, 3.05) is 26.5 Å². The third-order valence-electron chi connectivity index (χ3n) is 3.79. The van der Waals surface area contributed by atoms with E-state index in [4.69, 9.17) is 0 Å². The molecular formula is C14H20N2O6S2. The Hall–Kier alpha value is -1.65. The Bertz CT molecular complexity index is 811. The number of carbonyl (C=O) groups is 1. The molecule has 1 aromatic rings. The minimum absolute atomic E-state index is 0.232. The number of carbonyl (C=O) groups excluding carboxylic acids is 1. The second-order valence-electron chi connectivity index (χ2n) is 5.57. The molecule has 0 unspecified atom stereocenters. The summed E-state index contributed by atoms with van der Waals surface area (Å²) in [4.78, 5) is 12.4. The van der Waals surface area contributed by atoms with Gasteiger partial charge in [-0.3, -0.25) is 0 Å². The predicted molar refractivity (Wildman–Crippen MR) is 86.9 cm³/mol. The Balaban J connectivity index is 2.15. The zero-order chi connectivity index (χ0) is 18.0. The van der Waals surface area contributed by atoms with Crippen molar-refractivity contribution < 1.29 is 26.4 Å². The largest absolute Gasteiger partial charge is 0.453 e. The van der Waals surface area contributed by atoms with Gasteiger partial charge in [0.05, 0.1) is 12.0 Å². The van der Waals surface area contributed by atoms with Crippen molar-refractivity contribution in [2.45, 2.75) is 28.7 Å². The smallest absolute Gasteiger partial charge is 0.409 e. The van der Waals surface area contributed by atoms with Crippen LogP contribution in [0.2, 0.25) is 0 Å². The van der Waals surface area contributed by atoms with E-state index in [0.29, 0.717) is 25.9 Å². The highest BCUT2D eigenvalue weighted by molar-refractivity contribution is 7.93. The monoisotopic (exact) mass is 376 g/mol. The fraction of sp³-hybridized carbons (Fsp3) is 0.500. The molecule has 0 aliphatic carbocycles. The average molecular weight is 376 g/mol. The molecule has 1 amide bonds. The van der Waals surface area contributed by atoms with Gasteiger partial charge in [-0.05, 0) is 25.0 Å². The summed E-state index contributed by atoms with van der Waals surface area (Å²) >= 11 is 0. The number of methoxy groups -OCH3 is 1. The predicted octanol–water partition coefficient (Wildman–Crippen LogP) is 0.599. The molecule has 1 aromatic carbocycles. The van der Waals surface area contributed by atoms with Gasteiger partial charge in [0.15, 0.2) is 9.84 Å². The molecule has 0 saturated carbocycles. The molecule has 134 valence electrons. The maximum absolute atomic E-state index is 12.6. The second-order valence-corrected chi connectivity index (χ2v) is 9.24.